The van der Waals surface area contributed by atoms with Crippen LogP contribution < -0.4 is 0 Å². The molecular weight excluding hydrogens is 356 g/mol. The molecule has 1 atom stereocenters. The van der Waals surface area contributed by atoms with E-state index in [0.29, 0.717) is 13.2 Å². The number of benzene rings is 1. The van der Waals surface area contributed by atoms with E-state index in [9.17, 15) is 9.59 Å². The Balaban J connectivity index is 2.49. The van der Waals surface area contributed by atoms with Crippen LogP contribution in [0, 0.1) is 5.92 Å². The molecule has 0 aliphatic heterocycles. The highest BCUT2D eigenvalue weighted by Crippen LogP contribution is 2.16. The summed E-state index contributed by atoms with van der Waals surface area (Å²) < 4.78 is 0. The van der Waals surface area contributed by atoms with Crippen molar-refractivity contribution in [3.63, 3.8) is 0 Å². The fourth-order valence-electron chi connectivity index (χ4n) is 2.03. The van der Waals surface area contributed by atoms with Gasteiger partial charge in [-0.05, 0) is 34.9 Å². The number of rotatable bonds is 15. The summed E-state index contributed by atoms with van der Waals surface area (Å²) in [5, 5.41) is 8.86. The fourth-order valence-corrected chi connectivity index (χ4v) is 2.03. The van der Waals surface area contributed by atoms with Crippen molar-refractivity contribution in [2.45, 2.75) is 52.4 Å². The lowest BCUT2D eigenvalue weighted by Gasteiger charge is -2.13. The van der Waals surface area contributed by atoms with Gasteiger partial charge in [-0.3, -0.25) is 9.78 Å². The van der Waals surface area contributed by atoms with Crippen molar-refractivity contribution in [1.82, 2.24) is 0 Å². The van der Waals surface area contributed by atoms with Crippen molar-refractivity contribution in [2.75, 3.05) is 13.2 Å². The van der Waals surface area contributed by atoms with Crippen molar-refractivity contribution >= 4 is 11.9 Å². The molecule has 0 aliphatic carbocycles. The van der Waals surface area contributed by atoms with E-state index in [-0.39, 0.29) is 12.8 Å². The maximum absolute atomic E-state index is 12.2. The van der Waals surface area contributed by atoms with Crippen LogP contribution >= 0.6 is 0 Å². The van der Waals surface area contributed by atoms with Gasteiger partial charge in [0.05, 0.1) is 25.6 Å². The summed E-state index contributed by atoms with van der Waals surface area (Å²) in [4.78, 5) is 42.7. The quantitative estimate of drug-likeness (QED) is 0.257. The van der Waals surface area contributed by atoms with Gasteiger partial charge in [0.1, 0.15) is 0 Å². The van der Waals surface area contributed by atoms with E-state index in [1.165, 1.54) is 0 Å². The van der Waals surface area contributed by atoms with Crippen LogP contribution in [0.2, 0.25) is 0 Å². The molecule has 0 amide bonds. The average Bonchev–Trinajstić information content (AvgIpc) is 2.68. The highest BCUT2D eigenvalue weighted by Gasteiger charge is 2.27. The van der Waals surface area contributed by atoms with Gasteiger partial charge in [-0.15, -0.1) is 0 Å². The molecule has 0 heterocycles. The average molecular weight is 384 g/mol. The smallest absolute Gasteiger partial charge is 0.269 e. The van der Waals surface area contributed by atoms with Gasteiger partial charge in [-0.2, -0.15) is 9.78 Å². The summed E-state index contributed by atoms with van der Waals surface area (Å²) >= 11 is 0. The van der Waals surface area contributed by atoms with Crippen LogP contribution in [0.15, 0.2) is 30.3 Å². The van der Waals surface area contributed by atoms with Crippen LogP contribution in [-0.2, 0) is 45.6 Å². The zero-order chi connectivity index (χ0) is 19.7. The Bertz CT molecular complexity index is 520. The zero-order valence-corrected chi connectivity index (χ0v) is 15.9. The molecular formula is C19H28O8. The molecule has 0 bridgehead atoms. The Morgan fingerprint density at radius 2 is 1.48 bits per heavy atom. The topological polar surface area (TPSA) is 89.5 Å². The lowest BCUT2D eigenvalue weighted by Crippen LogP contribution is -2.24. The van der Waals surface area contributed by atoms with Gasteiger partial charge in [0.2, 0.25) is 0 Å². The van der Waals surface area contributed by atoms with Crippen LogP contribution in [0.4, 0.5) is 0 Å². The molecule has 0 saturated carbocycles. The third-order valence-electron chi connectivity index (χ3n) is 3.57. The normalized spacial score (nSPS) is 11.8. The monoisotopic (exact) mass is 384 g/mol. The van der Waals surface area contributed by atoms with E-state index in [0.717, 1.165) is 31.2 Å². The van der Waals surface area contributed by atoms with Gasteiger partial charge in [-0.1, -0.05) is 57.0 Å². The number of hydrogen-bond donors (Lipinski definition) is 0. The molecule has 1 unspecified atom stereocenters. The lowest BCUT2D eigenvalue weighted by atomic mass is 9.96. The van der Waals surface area contributed by atoms with Crippen LogP contribution in [0.1, 0.15) is 51.5 Å². The predicted octanol–water partition coefficient (Wildman–Crippen LogP) is 3.65. The van der Waals surface area contributed by atoms with Crippen molar-refractivity contribution in [3.8, 4) is 0 Å². The maximum Gasteiger partial charge on any atom is 0.349 e. The van der Waals surface area contributed by atoms with Crippen LogP contribution in [-0.4, -0.2) is 25.2 Å². The van der Waals surface area contributed by atoms with Crippen molar-refractivity contribution < 1.29 is 39.2 Å². The van der Waals surface area contributed by atoms with E-state index in [1.54, 1.807) is 0 Å². The summed E-state index contributed by atoms with van der Waals surface area (Å²) in [6.45, 7) is 4.59. The molecule has 152 valence electrons. The van der Waals surface area contributed by atoms with Gasteiger partial charge >= 0.3 is 11.9 Å². The van der Waals surface area contributed by atoms with Crippen LogP contribution in [0.3, 0.4) is 0 Å². The molecule has 0 radical (unpaired) electrons. The first-order chi connectivity index (χ1) is 13.2. The second kappa shape index (κ2) is 15.1. The minimum absolute atomic E-state index is 0.261. The highest BCUT2D eigenvalue weighted by molar-refractivity contribution is 5.79. The van der Waals surface area contributed by atoms with Gasteiger partial charge in [0.15, 0.2) is 0 Å². The maximum atomic E-state index is 12.2. The van der Waals surface area contributed by atoms with Gasteiger partial charge in [-0.25, -0.2) is 9.59 Å². The SMILES string of the molecule is CCCCOOOC(=O)CC(Cc1ccccc1)C(=O)OOOCCCC. The molecule has 1 rings (SSSR count). The van der Waals surface area contributed by atoms with E-state index < -0.39 is 17.9 Å². The van der Waals surface area contributed by atoms with Crippen molar-refractivity contribution in [3.05, 3.63) is 35.9 Å². The summed E-state index contributed by atoms with van der Waals surface area (Å²) in [5.41, 5.74) is 0.860. The molecule has 8 heteroatoms. The van der Waals surface area contributed by atoms with Crippen molar-refractivity contribution in [1.29, 1.82) is 0 Å². The molecule has 0 aromatic heterocycles. The molecule has 1 aromatic rings. The Morgan fingerprint density at radius 1 is 0.889 bits per heavy atom. The van der Waals surface area contributed by atoms with E-state index in [1.807, 2.05) is 44.2 Å². The first-order valence-electron chi connectivity index (χ1n) is 9.20. The Labute approximate surface area is 159 Å². The van der Waals surface area contributed by atoms with Gasteiger partial charge in [0, 0.05) is 0 Å². The second-order valence-electron chi connectivity index (χ2n) is 5.94. The summed E-state index contributed by atoms with van der Waals surface area (Å²) in [6.07, 6.45) is 3.39. The third-order valence-corrected chi connectivity index (χ3v) is 3.57. The molecule has 0 spiro atoms. The molecule has 8 nitrogen and oxygen atoms in total. The summed E-state index contributed by atoms with van der Waals surface area (Å²) in [7, 11) is 0. The molecule has 27 heavy (non-hydrogen) atoms. The van der Waals surface area contributed by atoms with E-state index >= 15 is 0 Å². The van der Waals surface area contributed by atoms with E-state index in [2.05, 4.69) is 19.9 Å². The number of unbranched alkanes of at least 4 members (excludes halogenated alkanes) is 2. The highest BCUT2D eigenvalue weighted by atomic mass is 17.5. The lowest BCUT2D eigenvalue weighted by molar-refractivity contribution is -0.489. The Morgan fingerprint density at radius 3 is 2.07 bits per heavy atom. The van der Waals surface area contributed by atoms with Crippen LogP contribution in [0.5, 0.6) is 0 Å². The van der Waals surface area contributed by atoms with Gasteiger partial charge in [0.25, 0.3) is 0 Å². The molecule has 0 aliphatic rings. The Hall–Kier alpha value is -2.00. The van der Waals surface area contributed by atoms with Gasteiger partial charge < -0.3 is 0 Å². The number of hydrogen-bond acceptors (Lipinski definition) is 8. The predicted molar refractivity (Wildman–Crippen MR) is 94.3 cm³/mol. The molecule has 0 fully saturated rings. The first kappa shape index (κ1) is 23.0. The zero-order valence-electron chi connectivity index (χ0n) is 15.9. The molecule has 1 aromatic carbocycles. The standard InChI is InChI=1S/C19H28O8/c1-3-5-12-22-26-24-18(20)15-17(14-16-10-8-7-9-11-16)19(21)25-27-23-13-6-4-2/h7-11,17H,3-6,12-15H2,1-2H3. The van der Waals surface area contributed by atoms with E-state index in [4.69, 9.17) is 9.78 Å². The minimum Gasteiger partial charge on any atom is -0.269 e. The van der Waals surface area contributed by atoms with Crippen molar-refractivity contribution in [2.24, 2.45) is 5.92 Å². The second-order valence-corrected chi connectivity index (χ2v) is 5.94. The Kier molecular flexibility index (Phi) is 12.9. The fraction of sp³-hybridized carbons (Fsp3) is 0.579. The number of carbonyl (C=O) groups is 2. The number of carbonyl (C=O) groups excluding carboxylic acids is 2. The van der Waals surface area contributed by atoms with Crippen LogP contribution in [0.25, 0.3) is 0 Å². The molecule has 0 N–H and O–H groups in total. The minimum atomic E-state index is -0.825. The summed E-state index contributed by atoms with van der Waals surface area (Å²) in [6, 6.07) is 9.22. The third kappa shape index (κ3) is 11.3. The first-order valence-corrected chi connectivity index (χ1v) is 9.20. The summed E-state index contributed by atoms with van der Waals surface area (Å²) in [5.74, 6) is -2.32. The molecule has 0 saturated heterocycles. The largest absolute Gasteiger partial charge is 0.349 e.